The molecule has 8 heteroatoms. The molecule has 0 saturated carbocycles. The molecule has 2 amide bonds. The van der Waals surface area contributed by atoms with Crippen molar-refractivity contribution in [3.05, 3.63) is 89.5 Å². The van der Waals surface area contributed by atoms with E-state index in [4.69, 9.17) is 19.9 Å². The van der Waals surface area contributed by atoms with Gasteiger partial charge >= 0.3 is 0 Å². The summed E-state index contributed by atoms with van der Waals surface area (Å²) in [5.41, 5.74) is 8.92. The van der Waals surface area contributed by atoms with E-state index in [1.807, 2.05) is 86.6 Å². The predicted molar refractivity (Wildman–Crippen MR) is 145 cm³/mol. The highest BCUT2D eigenvalue weighted by Gasteiger charge is 2.25. The van der Waals surface area contributed by atoms with Crippen LogP contribution in [0.3, 0.4) is 0 Å². The van der Waals surface area contributed by atoms with Gasteiger partial charge in [-0.25, -0.2) is 0 Å². The Morgan fingerprint density at radius 3 is 2.34 bits per heavy atom. The van der Waals surface area contributed by atoms with Gasteiger partial charge in [-0.15, -0.1) is 0 Å². The number of rotatable bonds is 12. The van der Waals surface area contributed by atoms with Crippen molar-refractivity contribution in [3.63, 3.8) is 0 Å². The number of amides is 2. The smallest absolute Gasteiger partial charge is 0.243 e. The molecule has 2 unspecified atom stereocenters. The molecule has 0 saturated heterocycles. The number of hydrogen-bond acceptors (Lipinski definition) is 6. The van der Waals surface area contributed by atoms with Gasteiger partial charge in [-0.2, -0.15) is 0 Å². The SMILES string of the molecule is CC(C)CC(N)C(=O)NC(Cc1ccc(OCc2ccccc2)cc1)C(=O)NCc1ccc2c(c1)OCO2. The fourth-order valence-electron chi connectivity index (χ4n) is 4.16. The monoisotopic (exact) mass is 517 g/mol. The molecule has 4 rings (SSSR count). The third-order valence-corrected chi connectivity index (χ3v) is 6.21. The van der Waals surface area contributed by atoms with Crippen LogP contribution in [0.25, 0.3) is 0 Å². The Morgan fingerprint density at radius 1 is 0.895 bits per heavy atom. The fourth-order valence-corrected chi connectivity index (χ4v) is 4.16. The zero-order valence-corrected chi connectivity index (χ0v) is 21.8. The largest absolute Gasteiger partial charge is 0.489 e. The average Bonchev–Trinajstić information content (AvgIpc) is 3.39. The molecule has 200 valence electrons. The van der Waals surface area contributed by atoms with Crippen LogP contribution in [-0.2, 0) is 29.2 Å². The molecule has 0 fully saturated rings. The first-order valence-electron chi connectivity index (χ1n) is 12.8. The second-order valence-corrected chi connectivity index (χ2v) is 9.82. The van der Waals surface area contributed by atoms with E-state index in [1.165, 1.54) is 0 Å². The average molecular weight is 518 g/mol. The van der Waals surface area contributed by atoms with Crippen molar-refractivity contribution >= 4 is 11.8 Å². The Kier molecular flexibility index (Phi) is 9.21. The molecule has 0 bridgehead atoms. The minimum absolute atomic E-state index is 0.186. The Labute approximate surface area is 223 Å². The number of fused-ring (bicyclic) bond motifs is 1. The number of benzene rings is 3. The second kappa shape index (κ2) is 13.0. The van der Waals surface area contributed by atoms with Crippen LogP contribution in [0.4, 0.5) is 0 Å². The van der Waals surface area contributed by atoms with Crippen LogP contribution in [-0.4, -0.2) is 30.7 Å². The van der Waals surface area contributed by atoms with Crippen LogP contribution in [0, 0.1) is 5.92 Å². The highest BCUT2D eigenvalue weighted by molar-refractivity contribution is 5.89. The minimum Gasteiger partial charge on any atom is -0.489 e. The van der Waals surface area contributed by atoms with E-state index in [2.05, 4.69) is 10.6 Å². The molecular weight excluding hydrogens is 482 g/mol. The minimum atomic E-state index is -0.786. The van der Waals surface area contributed by atoms with Crippen LogP contribution in [0.15, 0.2) is 72.8 Å². The van der Waals surface area contributed by atoms with Gasteiger partial charge in [0.25, 0.3) is 0 Å². The number of carbonyl (C=O) groups excluding carboxylic acids is 2. The lowest BCUT2D eigenvalue weighted by Gasteiger charge is -2.22. The lowest BCUT2D eigenvalue weighted by atomic mass is 10.0. The van der Waals surface area contributed by atoms with E-state index in [-0.39, 0.29) is 31.1 Å². The summed E-state index contributed by atoms with van der Waals surface area (Å²) in [5, 5.41) is 5.79. The summed E-state index contributed by atoms with van der Waals surface area (Å²) in [5.74, 6) is 1.68. The molecule has 1 aliphatic rings. The second-order valence-electron chi connectivity index (χ2n) is 9.82. The third-order valence-electron chi connectivity index (χ3n) is 6.21. The van der Waals surface area contributed by atoms with E-state index in [9.17, 15) is 9.59 Å². The van der Waals surface area contributed by atoms with E-state index in [1.54, 1.807) is 0 Å². The van der Waals surface area contributed by atoms with Crippen molar-refractivity contribution in [3.8, 4) is 17.2 Å². The van der Waals surface area contributed by atoms with Crippen LogP contribution >= 0.6 is 0 Å². The van der Waals surface area contributed by atoms with Crippen LogP contribution in [0.5, 0.6) is 17.2 Å². The zero-order chi connectivity index (χ0) is 26.9. The van der Waals surface area contributed by atoms with Crippen molar-refractivity contribution in [2.45, 2.75) is 51.9 Å². The van der Waals surface area contributed by atoms with Gasteiger partial charge in [-0.1, -0.05) is 62.4 Å². The first-order chi connectivity index (χ1) is 18.4. The molecule has 0 aliphatic carbocycles. The summed E-state index contributed by atoms with van der Waals surface area (Å²) in [6, 6.07) is 21.5. The maximum Gasteiger partial charge on any atom is 0.243 e. The lowest BCUT2D eigenvalue weighted by Crippen LogP contribution is -2.52. The summed E-state index contributed by atoms with van der Waals surface area (Å²) in [7, 11) is 0. The third kappa shape index (κ3) is 7.73. The van der Waals surface area contributed by atoms with Gasteiger partial charge < -0.3 is 30.6 Å². The van der Waals surface area contributed by atoms with Crippen molar-refractivity contribution < 1.29 is 23.8 Å². The standard InChI is InChI=1S/C30H35N3O5/c1-20(2)14-25(31)29(34)33-26(30(35)32-17-23-10-13-27-28(16-23)38-19-37-27)15-21-8-11-24(12-9-21)36-18-22-6-4-3-5-7-22/h3-13,16,20,25-26H,14-15,17-19,31H2,1-2H3,(H,32,35)(H,33,34). The number of ether oxygens (including phenoxy) is 3. The summed E-state index contributed by atoms with van der Waals surface area (Å²) < 4.78 is 16.6. The molecular formula is C30H35N3O5. The van der Waals surface area contributed by atoms with E-state index >= 15 is 0 Å². The van der Waals surface area contributed by atoms with Gasteiger partial charge in [0, 0.05) is 13.0 Å². The Bertz CT molecular complexity index is 1210. The number of hydrogen-bond donors (Lipinski definition) is 3. The van der Waals surface area contributed by atoms with Gasteiger partial charge in [0.15, 0.2) is 11.5 Å². The zero-order valence-electron chi connectivity index (χ0n) is 21.8. The Hall–Kier alpha value is -4.04. The van der Waals surface area contributed by atoms with E-state index in [0.29, 0.717) is 30.9 Å². The first kappa shape index (κ1) is 27.0. The number of carbonyl (C=O) groups is 2. The van der Waals surface area contributed by atoms with Crippen molar-refractivity contribution in [2.24, 2.45) is 11.7 Å². The molecule has 2 atom stereocenters. The topological polar surface area (TPSA) is 112 Å². The van der Waals surface area contributed by atoms with Gasteiger partial charge in [0.2, 0.25) is 18.6 Å². The van der Waals surface area contributed by atoms with E-state index in [0.717, 1.165) is 22.4 Å². The van der Waals surface area contributed by atoms with Gasteiger partial charge in [0.05, 0.1) is 6.04 Å². The summed E-state index contributed by atoms with van der Waals surface area (Å²) in [6.45, 7) is 4.95. The van der Waals surface area contributed by atoms with Crippen molar-refractivity contribution in [2.75, 3.05) is 6.79 Å². The van der Waals surface area contributed by atoms with Gasteiger partial charge in [-0.05, 0) is 53.3 Å². The highest BCUT2D eigenvalue weighted by atomic mass is 16.7. The first-order valence-corrected chi connectivity index (χ1v) is 12.8. The van der Waals surface area contributed by atoms with Crippen molar-refractivity contribution in [1.82, 2.24) is 10.6 Å². The predicted octanol–water partition coefficient (Wildman–Crippen LogP) is 3.71. The number of nitrogens with one attached hydrogen (secondary N) is 2. The number of nitrogens with two attached hydrogens (primary N) is 1. The molecule has 0 aromatic heterocycles. The van der Waals surface area contributed by atoms with Crippen LogP contribution in [0.2, 0.25) is 0 Å². The molecule has 38 heavy (non-hydrogen) atoms. The quantitative estimate of drug-likeness (QED) is 0.338. The summed E-state index contributed by atoms with van der Waals surface area (Å²) in [6.07, 6.45) is 0.844. The molecule has 1 aliphatic heterocycles. The molecule has 3 aromatic rings. The summed E-state index contributed by atoms with van der Waals surface area (Å²) >= 11 is 0. The van der Waals surface area contributed by atoms with Gasteiger partial charge in [-0.3, -0.25) is 9.59 Å². The molecule has 4 N–H and O–H groups in total. The van der Waals surface area contributed by atoms with Crippen LogP contribution in [0.1, 0.15) is 37.0 Å². The molecule has 1 heterocycles. The maximum atomic E-state index is 13.2. The molecule has 0 spiro atoms. The highest BCUT2D eigenvalue weighted by Crippen LogP contribution is 2.32. The summed E-state index contributed by atoms with van der Waals surface area (Å²) in [4.78, 5) is 26.0. The normalized spacial score (nSPS) is 13.6. The van der Waals surface area contributed by atoms with Gasteiger partial charge in [0.1, 0.15) is 18.4 Å². The van der Waals surface area contributed by atoms with E-state index < -0.39 is 12.1 Å². The lowest BCUT2D eigenvalue weighted by molar-refractivity contribution is -0.129. The fraction of sp³-hybridized carbons (Fsp3) is 0.333. The van der Waals surface area contributed by atoms with Crippen LogP contribution < -0.4 is 30.6 Å². The Morgan fingerprint density at radius 2 is 1.61 bits per heavy atom. The molecule has 0 radical (unpaired) electrons. The molecule has 3 aromatic carbocycles. The molecule has 8 nitrogen and oxygen atoms in total. The maximum absolute atomic E-state index is 13.2. The van der Waals surface area contributed by atoms with Crippen molar-refractivity contribution in [1.29, 1.82) is 0 Å². The Balaban J connectivity index is 1.39.